The van der Waals surface area contributed by atoms with Crippen molar-refractivity contribution in [1.29, 1.82) is 0 Å². The molecule has 1 aromatic rings. The molecule has 2 rings (SSSR count). The molecule has 0 bridgehead atoms. The van der Waals surface area contributed by atoms with Crippen molar-refractivity contribution in [1.82, 2.24) is 0 Å². The van der Waals surface area contributed by atoms with Gasteiger partial charge in [0.15, 0.2) is 0 Å². The van der Waals surface area contributed by atoms with Crippen LogP contribution in [0.3, 0.4) is 0 Å². The predicted molar refractivity (Wildman–Crippen MR) is 52.7 cm³/mol. The molecule has 0 amide bonds. The molecule has 0 aromatic heterocycles. The van der Waals surface area contributed by atoms with Crippen LogP contribution in [0.2, 0.25) is 0 Å². The molecule has 88 valence electrons. The Labute approximate surface area is 91.2 Å². The van der Waals surface area contributed by atoms with Crippen LogP contribution in [-0.4, -0.2) is 6.61 Å². The molecule has 0 fully saturated rings. The van der Waals surface area contributed by atoms with Crippen LogP contribution in [0, 0.1) is 0 Å². The minimum absolute atomic E-state index is 0.336. The summed E-state index contributed by atoms with van der Waals surface area (Å²) >= 11 is 0. The summed E-state index contributed by atoms with van der Waals surface area (Å²) in [6, 6.07) is 3.30. The summed E-state index contributed by atoms with van der Waals surface area (Å²) in [4.78, 5) is 0. The monoisotopic (exact) mass is 231 g/mol. The normalized spacial score (nSPS) is 25.3. The molecular formula is C11H12F3NO. The first-order chi connectivity index (χ1) is 7.39. The van der Waals surface area contributed by atoms with Crippen LogP contribution in [0.25, 0.3) is 0 Å². The fourth-order valence-corrected chi connectivity index (χ4v) is 1.87. The van der Waals surface area contributed by atoms with Crippen molar-refractivity contribution in [2.75, 3.05) is 6.61 Å². The van der Waals surface area contributed by atoms with Crippen molar-refractivity contribution in [2.45, 2.75) is 25.2 Å². The Morgan fingerprint density at radius 2 is 2.00 bits per heavy atom. The molecule has 0 saturated heterocycles. The number of hydrogen-bond donors (Lipinski definition) is 1. The molecule has 2 unspecified atom stereocenters. The highest BCUT2D eigenvalue weighted by molar-refractivity contribution is 5.38. The van der Waals surface area contributed by atoms with E-state index in [0.717, 1.165) is 17.7 Å². The van der Waals surface area contributed by atoms with E-state index >= 15 is 0 Å². The molecule has 1 aromatic carbocycles. The van der Waals surface area contributed by atoms with Gasteiger partial charge >= 0.3 is 6.18 Å². The van der Waals surface area contributed by atoms with Gasteiger partial charge in [-0.15, -0.1) is 0 Å². The number of benzene rings is 1. The summed E-state index contributed by atoms with van der Waals surface area (Å²) < 4.78 is 42.8. The van der Waals surface area contributed by atoms with Crippen LogP contribution in [0.5, 0.6) is 0 Å². The number of halogens is 3. The van der Waals surface area contributed by atoms with E-state index in [1.165, 1.54) is 6.07 Å². The maximum Gasteiger partial charge on any atom is 0.416 e. The molecule has 1 aliphatic heterocycles. The van der Waals surface area contributed by atoms with Crippen LogP contribution in [0.15, 0.2) is 18.2 Å². The molecule has 2 atom stereocenters. The first-order valence-electron chi connectivity index (χ1n) is 4.98. The van der Waals surface area contributed by atoms with E-state index < -0.39 is 11.7 Å². The van der Waals surface area contributed by atoms with Crippen LogP contribution in [0.4, 0.5) is 13.2 Å². The Balaban J connectivity index is 2.48. The smallest absolute Gasteiger partial charge is 0.372 e. The lowest BCUT2D eigenvalue weighted by molar-refractivity contribution is -0.137. The zero-order valence-electron chi connectivity index (χ0n) is 8.71. The van der Waals surface area contributed by atoms with Gasteiger partial charge < -0.3 is 10.5 Å². The van der Waals surface area contributed by atoms with Gasteiger partial charge in [0.05, 0.1) is 24.3 Å². The van der Waals surface area contributed by atoms with Gasteiger partial charge in [-0.1, -0.05) is 6.07 Å². The lowest BCUT2D eigenvalue weighted by atomic mass is 9.93. The first kappa shape index (κ1) is 11.4. The number of hydrogen-bond acceptors (Lipinski definition) is 2. The fraction of sp³-hybridized carbons (Fsp3) is 0.455. The second-order valence-electron chi connectivity index (χ2n) is 3.92. The predicted octanol–water partition coefficient (Wildman–Crippen LogP) is 2.80. The topological polar surface area (TPSA) is 35.2 Å². The number of nitrogens with two attached hydrogens (primary N) is 1. The number of alkyl halides is 3. The van der Waals surface area contributed by atoms with Gasteiger partial charge in [0, 0.05) is 0 Å². The molecule has 5 heteroatoms. The molecule has 16 heavy (non-hydrogen) atoms. The number of ether oxygens (including phenoxy) is 1. The van der Waals surface area contributed by atoms with Crippen molar-refractivity contribution in [3.05, 3.63) is 34.9 Å². The summed E-state index contributed by atoms with van der Waals surface area (Å²) in [5, 5.41) is 0. The van der Waals surface area contributed by atoms with Crippen LogP contribution in [-0.2, 0) is 10.9 Å². The van der Waals surface area contributed by atoms with Gasteiger partial charge in [-0.25, -0.2) is 0 Å². The van der Waals surface area contributed by atoms with E-state index in [0.29, 0.717) is 12.2 Å². The second kappa shape index (κ2) is 3.75. The zero-order valence-corrected chi connectivity index (χ0v) is 8.71. The van der Waals surface area contributed by atoms with Gasteiger partial charge in [-0.3, -0.25) is 0 Å². The fourth-order valence-electron chi connectivity index (χ4n) is 1.87. The Morgan fingerprint density at radius 1 is 1.31 bits per heavy atom. The zero-order chi connectivity index (χ0) is 11.9. The van der Waals surface area contributed by atoms with Crippen molar-refractivity contribution in [2.24, 2.45) is 5.73 Å². The summed E-state index contributed by atoms with van der Waals surface area (Å²) in [5.74, 6) is 0. The second-order valence-corrected chi connectivity index (χ2v) is 3.92. The average molecular weight is 231 g/mol. The number of rotatable bonds is 0. The summed E-state index contributed by atoms with van der Waals surface area (Å²) in [7, 11) is 0. The van der Waals surface area contributed by atoms with Crippen molar-refractivity contribution in [3.63, 3.8) is 0 Å². The van der Waals surface area contributed by atoms with Gasteiger partial charge in [-0.05, 0) is 30.2 Å². The Morgan fingerprint density at radius 3 is 2.62 bits per heavy atom. The minimum atomic E-state index is -4.32. The van der Waals surface area contributed by atoms with Crippen molar-refractivity contribution in [3.8, 4) is 0 Å². The van der Waals surface area contributed by atoms with Crippen molar-refractivity contribution >= 4 is 0 Å². The maximum absolute atomic E-state index is 12.5. The van der Waals surface area contributed by atoms with Crippen LogP contribution in [0.1, 0.15) is 35.8 Å². The van der Waals surface area contributed by atoms with E-state index in [2.05, 4.69) is 0 Å². The largest absolute Gasteiger partial charge is 0.416 e. The van der Waals surface area contributed by atoms with Crippen LogP contribution >= 0.6 is 0 Å². The van der Waals surface area contributed by atoms with Gasteiger partial charge in [0.2, 0.25) is 0 Å². The Hall–Kier alpha value is -1.07. The molecule has 2 nitrogen and oxygen atoms in total. The molecule has 2 N–H and O–H groups in total. The third kappa shape index (κ3) is 1.92. The molecule has 0 saturated carbocycles. The molecule has 1 heterocycles. The van der Waals surface area contributed by atoms with E-state index in [1.807, 2.05) is 0 Å². The molecule has 1 aliphatic rings. The maximum atomic E-state index is 12.5. The highest BCUT2D eigenvalue weighted by Crippen LogP contribution is 2.36. The van der Waals surface area contributed by atoms with E-state index in [4.69, 9.17) is 10.5 Å². The Bertz CT molecular complexity index is 403. The lowest BCUT2D eigenvalue weighted by Crippen LogP contribution is -2.26. The highest BCUT2D eigenvalue weighted by atomic mass is 19.4. The lowest BCUT2D eigenvalue weighted by Gasteiger charge is -2.28. The molecular weight excluding hydrogens is 219 g/mol. The summed E-state index contributed by atoms with van der Waals surface area (Å²) in [5.41, 5.74) is 6.38. The SMILES string of the molecule is CC1OCC(N)c2ccc(C(F)(F)F)cc21. The standard InChI is InChI=1S/C11H12F3NO/c1-6-9-4-7(11(12,13)14)2-3-8(9)10(15)5-16-6/h2-4,6,10H,5,15H2,1H3. The highest BCUT2D eigenvalue weighted by Gasteiger charge is 2.33. The summed E-state index contributed by atoms with van der Waals surface area (Å²) in [6.07, 6.45) is -4.66. The summed E-state index contributed by atoms with van der Waals surface area (Å²) in [6.45, 7) is 2.07. The van der Waals surface area contributed by atoms with E-state index in [-0.39, 0.29) is 12.1 Å². The van der Waals surface area contributed by atoms with Crippen LogP contribution < -0.4 is 5.73 Å². The first-order valence-corrected chi connectivity index (χ1v) is 4.98. The van der Waals surface area contributed by atoms with E-state index in [9.17, 15) is 13.2 Å². The number of fused-ring (bicyclic) bond motifs is 1. The minimum Gasteiger partial charge on any atom is -0.372 e. The van der Waals surface area contributed by atoms with E-state index in [1.54, 1.807) is 6.92 Å². The van der Waals surface area contributed by atoms with Gasteiger partial charge in [-0.2, -0.15) is 13.2 Å². The van der Waals surface area contributed by atoms with Gasteiger partial charge in [0.1, 0.15) is 0 Å². The third-order valence-corrected chi connectivity index (χ3v) is 2.78. The Kier molecular flexibility index (Phi) is 2.67. The molecule has 0 spiro atoms. The van der Waals surface area contributed by atoms with Crippen molar-refractivity contribution < 1.29 is 17.9 Å². The van der Waals surface area contributed by atoms with Gasteiger partial charge in [0.25, 0.3) is 0 Å². The molecule has 0 radical (unpaired) electrons. The third-order valence-electron chi connectivity index (χ3n) is 2.78. The quantitative estimate of drug-likeness (QED) is 0.745. The molecule has 0 aliphatic carbocycles. The average Bonchev–Trinajstić information content (AvgIpc) is 2.22.